The van der Waals surface area contributed by atoms with Gasteiger partial charge in [-0.1, -0.05) is 81.4 Å². The molecule has 0 fully saturated rings. The standard InChI is InChI=1S/C27H30O8Si/c1-27(2,3)36(19-12-8-6-9-13-19,20-14-10-7-11-15-20)33-18-22(24(28)26(30)32-5)35-25(29)21-16-17-23(31-4)34-21/h6-17,22H,18H2,1-5H3/t22-/m1/s1. The molecule has 1 heterocycles. The zero-order valence-electron chi connectivity index (χ0n) is 21.0. The van der Waals surface area contributed by atoms with E-state index in [2.05, 4.69) is 25.5 Å². The number of ether oxygens (including phenoxy) is 3. The summed E-state index contributed by atoms with van der Waals surface area (Å²) >= 11 is 0. The summed E-state index contributed by atoms with van der Waals surface area (Å²) in [7, 11) is -0.607. The summed E-state index contributed by atoms with van der Waals surface area (Å²) in [5.41, 5.74) is 0. The first-order valence-corrected chi connectivity index (χ1v) is 13.3. The number of Topliss-reactive ketones (excluding diaryl/α,β-unsaturated/α-hetero) is 1. The summed E-state index contributed by atoms with van der Waals surface area (Å²) in [6, 6.07) is 22.3. The maximum Gasteiger partial charge on any atom is 0.378 e. The molecule has 3 aromatic rings. The summed E-state index contributed by atoms with van der Waals surface area (Å²) in [5, 5.41) is 1.54. The first-order valence-electron chi connectivity index (χ1n) is 11.4. The molecule has 2 aromatic carbocycles. The number of methoxy groups -OCH3 is 2. The Bertz CT molecular complexity index is 1140. The van der Waals surface area contributed by atoms with Crippen LogP contribution in [0.5, 0.6) is 5.95 Å². The topological polar surface area (TPSA) is 101 Å². The molecule has 0 amide bonds. The summed E-state index contributed by atoms with van der Waals surface area (Å²) in [6.07, 6.45) is -1.55. The molecule has 0 radical (unpaired) electrons. The zero-order chi connectivity index (χ0) is 26.3. The maximum absolute atomic E-state index is 12.9. The van der Waals surface area contributed by atoms with E-state index >= 15 is 0 Å². The second-order valence-electron chi connectivity index (χ2n) is 9.05. The molecular formula is C27H30O8Si. The zero-order valence-corrected chi connectivity index (χ0v) is 22.0. The molecule has 0 aliphatic heterocycles. The van der Waals surface area contributed by atoms with E-state index in [0.29, 0.717) is 0 Å². The molecule has 9 heteroatoms. The highest BCUT2D eigenvalue weighted by molar-refractivity contribution is 6.99. The van der Waals surface area contributed by atoms with Gasteiger partial charge in [-0.05, 0) is 21.5 Å². The van der Waals surface area contributed by atoms with Gasteiger partial charge in [-0.25, -0.2) is 9.59 Å². The molecule has 0 aliphatic rings. The van der Waals surface area contributed by atoms with Gasteiger partial charge in [0.1, 0.15) is 0 Å². The van der Waals surface area contributed by atoms with Crippen molar-refractivity contribution in [3.05, 3.63) is 78.6 Å². The molecule has 36 heavy (non-hydrogen) atoms. The van der Waals surface area contributed by atoms with Crippen LogP contribution in [0.3, 0.4) is 0 Å². The highest BCUT2D eigenvalue weighted by Crippen LogP contribution is 2.37. The molecule has 1 aromatic heterocycles. The lowest BCUT2D eigenvalue weighted by molar-refractivity contribution is -0.156. The van der Waals surface area contributed by atoms with E-state index < -0.39 is 37.2 Å². The van der Waals surface area contributed by atoms with Gasteiger partial charge in [0.15, 0.2) is 6.10 Å². The first kappa shape index (κ1) is 26.9. The quantitative estimate of drug-likeness (QED) is 0.233. The maximum atomic E-state index is 12.9. The van der Waals surface area contributed by atoms with Gasteiger partial charge in [0, 0.05) is 6.07 Å². The largest absolute Gasteiger partial charge is 0.468 e. The Balaban J connectivity index is 2.02. The second-order valence-corrected chi connectivity index (χ2v) is 13.4. The Hall–Kier alpha value is -3.69. The van der Waals surface area contributed by atoms with E-state index in [1.807, 2.05) is 60.7 Å². The van der Waals surface area contributed by atoms with Crippen LogP contribution in [0.25, 0.3) is 0 Å². The van der Waals surface area contributed by atoms with Crippen LogP contribution in [0.1, 0.15) is 31.3 Å². The number of hydrogen-bond acceptors (Lipinski definition) is 8. The van der Waals surface area contributed by atoms with Crippen LogP contribution in [0, 0.1) is 0 Å². The van der Waals surface area contributed by atoms with Crippen LogP contribution in [-0.4, -0.2) is 53.0 Å². The minimum atomic E-state index is -3.07. The fourth-order valence-corrected chi connectivity index (χ4v) is 8.64. The third-order valence-electron chi connectivity index (χ3n) is 5.78. The Labute approximate surface area is 211 Å². The lowest BCUT2D eigenvalue weighted by Crippen LogP contribution is -2.67. The average Bonchev–Trinajstić information content (AvgIpc) is 3.37. The SMILES string of the molecule is COC(=O)C(=O)[C@@H](CO[Si](c1ccccc1)(c1ccccc1)C(C)(C)C)OC(=O)c1ccc(OC)o1. The summed E-state index contributed by atoms with van der Waals surface area (Å²) in [5.74, 6) is -3.20. The molecule has 0 saturated carbocycles. The lowest BCUT2D eigenvalue weighted by atomic mass is 10.2. The fourth-order valence-electron chi connectivity index (χ4n) is 4.08. The number of esters is 2. The lowest BCUT2D eigenvalue weighted by Gasteiger charge is -2.43. The molecule has 1 atom stereocenters. The van der Waals surface area contributed by atoms with Crippen molar-refractivity contribution in [2.24, 2.45) is 0 Å². The van der Waals surface area contributed by atoms with E-state index in [0.717, 1.165) is 17.5 Å². The Morgan fingerprint density at radius 3 is 1.86 bits per heavy atom. The Morgan fingerprint density at radius 2 is 1.42 bits per heavy atom. The molecular weight excluding hydrogens is 480 g/mol. The summed E-state index contributed by atoms with van der Waals surface area (Å²) in [4.78, 5) is 37.7. The molecule has 190 valence electrons. The van der Waals surface area contributed by atoms with Gasteiger partial charge < -0.3 is 23.1 Å². The van der Waals surface area contributed by atoms with Crippen LogP contribution in [0.2, 0.25) is 5.04 Å². The van der Waals surface area contributed by atoms with Crippen LogP contribution >= 0.6 is 0 Å². The number of ketones is 1. The van der Waals surface area contributed by atoms with Gasteiger partial charge in [0.2, 0.25) is 5.76 Å². The highest BCUT2D eigenvalue weighted by Gasteiger charge is 2.51. The minimum Gasteiger partial charge on any atom is -0.468 e. The number of benzene rings is 2. The van der Waals surface area contributed by atoms with Crippen LogP contribution in [0.4, 0.5) is 0 Å². The molecule has 0 bridgehead atoms. The van der Waals surface area contributed by atoms with Gasteiger partial charge in [-0.3, -0.25) is 4.79 Å². The molecule has 0 aliphatic carbocycles. The average molecular weight is 511 g/mol. The molecule has 0 unspecified atom stereocenters. The minimum absolute atomic E-state index is 0.0985. The number of furan rings is 1. The van der Waals surface area contributed by atoms with E-state index in [4.69, 9.17) is 18.3 Å². The Morgan fingerprint density at radius 1 is 0.861 bits per heavy atom. The molecule has 8 nitrogen and oxygen atoms in total. The van der Waals surface area contributed by atoms with Crippen molar-refractivity contribution in [1.29, 1.82) is 0 Å². The smallest absolute Gasteiger partial charge is 0.378 e. The number of carbonyl (C=O) groups is 3. The van der Waals surface area contributed by atoms with E-state index in [1.165, 1.54) is 19.2 Å². The van der Waals surface area contributed by atoms with E-state index in [-0.39, 0.29) is 18.3 Å². The summed E-state index contributed by atoms with van der Waals surface area (Å²) < 4.78 is 26.9. The van der Waals surface area contributed by atoms with Crippen LogP contribution < -0.4 is 15.1 Å². The van der Waals surface area contributed by atoms with Gasteiger partial charge in [0.05, 0.1) is 20.8 Å². The van der Waals surface area contributed by atoms with Crippen molar-refractivity contribution in [2.75, 3.05) is 20.8 Å². The molecule has 0 spiro atoms. The van der Waals surface area contributed by atoms with E-state index in [9.17, 15) is 14.4 Å². The third kappa shape index (κ3) is 5.58. The van der Waals surface area contributed by atoms with Crippen molar-refractivity contribution < 1.29 is 37.4 Å². The third-order valence-corrected chi connectivity index (χ3v) is 10.8. The number of hydrogen-bond donors (Lipinski definition) is 0. The van der Waals surface area contributed by atoms with Crippen LogP contribution in [-0.2, 0) is 23.5 Å². The normalized spacial score (nSPS) is 12.5. The molecule has 0 N–H and O–H groups in total. The van der Waals surface area contributed by atoms with Gasteiger partial charge in [-0.15, -0.1) is 0 Å². The van der Waals surface area contributed by atoms with E-state index in [1.54, 1.807) is 0 Å². The number of carbonyl (C=O) groups excluding carboxylic acids is 3. The molecule has 0 saturated heterocycles. The van der Waals surface area contributed by atoms with Crippen molar-refractivity contribution in [3.63, 3.8) is 0 Å². The molecule has 3 rings (SSSR count). The predicted molar refractivity (Wildman–Crippen MR) is 135 cm³/mol. The fraction of sp³-hybridized carbons (Fsp3) is 0.296. The van der Waals surface area contributed by atoms with Crippen molar-refractivity contribution >= 4 is 36.4 Å². The van der Waals surface area contributed by atoms with Gasteiger partial charge >= 0.3 is 11.9 Å². The predicted octanol–water partition coefficient (Wildman–Crippen LogP) is 3.13. The van der Waals surface area contributed by atoms with Crippen LogP contribution in [0.15, 0.2) is 77.2 Å². The Kier molecular flexibility index (Phi) is 8.49. The monoisotopic (exact) mass is 510 g/mol. The second kappa shape index (κ2) is 11.4. The van der Waals surface area contributed by atoms with Crippen molar-refractivity contribution in [2.45, 2.75) is 31.9 Å². The van der Waals surface area contributed by atoms with Crippen molar-refractivity contribution in [1.82, 2.24) is 0 Å². The number of rotatable bonds is 10. The van der Waals surface area contributed by atoms with Crippen molar-refractivity contribution in [3.8, 4) is 5.95 Å². The first-order chi connectivity index (χ1) is 17.1. The highest BCUT2D eigenvalue weighted by atomic mass is 28.4. The van der Waals surface area contributed by atoms with Gasteiger partial charge in [0.25, 0.3) is 20.0 Å². The summed E-state index contributed by atoms with van der Waals surface area (Å²) in [6.45, 7) is 5.84. The van der Waals surface area contributed by atoms with Gasteiger partial charge in [-0.2, -0.15) is 0 Å².